The molecule has 1 saturated heterocycles. The summed E-state index contributed by atoms with van der Waals surface area (Å²) in [5.74, 6) is 6.11. The van der Waals surface area contributed by atoms with Crippen LogP contribution in [-0.2, 0) is 19.2 Å². The molecule has 0 aromatic carbocycles. The highest BCUT2D eigenvalue weighted by Crippen LogP contribution is 2.68. The number of fused-ring (bicyclic) bond motifs is 6. The van der Waals surface area contributed by atoms with Crippen LogP contribution in [-0.4, -0.2) is 63.1 Å². The normalized spacial score (nSPS) is 38.1. The van der Waals surface area contributed by atoms with E-state index in [1.54, 1.807) is 11.8 Å². The number of carbonyl (C=O) groups is 4. The molecule has 2 aliphatic heterocycles. The number of nitrogens with one attached hydrogen (secondary N) is 3. The summed E-state index contributed by atoms with van der Waals surface area (Å²) in [4.78, 5) is 54.1. The fraction of sp³-hybridized carbons (Fsp3) is 0.805. The van der Waals surface area contributed by atoms with Gasteiger partial charge in [0.2, 0.25) is 11.8 Å². The molecular formula is C41H62N4O5S. The van der Waals surface area contributed by atoms with Crippen LogP contribution in [0.1, 0.15) is 131 Å². The minimum absolute atomic E-state index is 0.101. The second-order valence-corrected chi connectivity index (χ2v) is 18.6. The van der Waals surface area contributed by atoms with Gasteiger partial charge in [-0.3, -0.25) is 24.1 Å². The molecule has 4 amide bonds. The first-order chi connectivity index (χ1) is 24.3. The zero-order valence-electron chi connectivity index (χ0n) is 31.6. The fourth-order valence-corrected chi connectivity index (χ4v) is 13.2. The van der Waals surface area contributed by atoms with Crippen molar-refractivity contribution in [1.82, 2.24) is 20.9 Å². The van der Waals surface area contributed by atoms with Crippen molar-refractivity contribution in [2.24, 2.45) is 46.3 Å². The molecule has 51 heavy (non-hydrogen) atoms. The first-order valence-corrected chi connectivity index (χ1v) is 21.0. The van der Waals surface area contributed by atoms with Crippen molar-refractivity contribution in [1.29, 1.82) is 0 Å². The van der Waals surface area contributed by atoms with E-state index >= 15 is 0 Å². The Kier molecular flexibility index (Phi) is 11.6. The van der Waals surface area contributed by atoms with Gasteiger partial charge in [0.25, 0.3) is 11.8 Å². The maximum absolute atomic E-state index is 13.5. The van der Waals surface area contributed by atoms with E-state index in [1.807, 2.05) is 13.8 Å². The van der Waals surface area contributed by atoms with Crippen molar-refractivity contribution >= 4 is 35.4 Å². The highest BCUT2D eigenvalue weighted by atomic mass is 32.2. The predicted molar refractivity (Wildman–Crippen MR) is 200 cm³/mol. The number of terminal acetylenes is 1. The predicted octanol–water partition coefficient (Wildman–Crippen LogP) is 5.87. The number of thioether (sulfide) groups is 1. The van der Waals surface area contributed by atoms with Crippen LogP contribution in [0, 0.1) is 58.7 Å². The lowest BCUT2D eigenvalue weighted by molar-refractivity contribution is -0.148. The molecule has 0 aromatic heterocycles. The van der Waals surface area contributed by atoms with Crippen LogP contribution in [0.3, 0.4) is 0 Å². The van der Waals surface area contributed by atoms with Gasteiger partial charge in [0.05, 0.1) is 6.10 Å². The number of aliphatic hydroxyl groups is 1. The molecule has 6 rings (SSSR count). The molecule has 4 aliphatic carbocycles. The molecule has 4 saturated carbocycles. The summed E-state index contributed by atoms with van der Waals surface area (Å²) < 4.78 is 0. The number of β-lactam (4-membered cyclic amide) rings is 1. The first-order valence-electron chi connectivity index (χ1n) is 20.0. The van der Waals surface area contributed by atoms with Crippen LogP contribution in [0.4, 0.5) is 0 Å². The maximum Gasteiger partial charge on any atom is 0.269 e. The maximum atomic E-state index is 13.5. The Labute approximate surface area is 310 Å². The van der Waals surface area contributed by atoms with Gasteiger partial charge in [-0.1, -0.05) is 34.1 Å². The molecule has 12 atom stereocenters. The molecule has 2 heterocycles. The molecule has 5 fully saturated rings. The number of hydrogen-bond donors (Lipinski definition) is 4. The highest BCUT2D eigenvalue weighted by molar-refractivity contribution is 8.00. The van der Waals surface area contributed by atoms with Gasteiger partial charge in [0.15, 0.2) is 0 Å². The zero-order chi connectivity index (χ0) is 36.7. The number of amides is 4. The highest BCUT2D eigenvalue weighted by Gasteiger charge is 2.60. The van der Waals surface area contributed by atoms with Gasteiger partial charge in [0.1, 0.15) is 23.3 Å². The quantitative estimate of drug-likeness (QED) is 0.113. The summed E-state index contributed by atoms with van der Waals surface area (Å²) in [5.41, 5.74) is 1.76. The number of unbranched alkanes of at least 4 members (excludes halogenated alkanes) is 1. The van der Waals surface area contributed by atoms with Crippen molar-refractivity contribution in [2.75, 3.05) is 5.75 Å². The van der Waals surface area contributed by atoms with E-state index in [0.29, 0.717) is 47.2 Å². The van der Waals surface area contributed by atoms with Gasteiger partial charge in [-0.25, -0.2) is 0 Å². The van der Waals surface area contributed by atoms with Crippen molar-refractivity contribution < 1.29 is 24.3 Å². The molecule has 10 heteroatoms. The summed E-state index contributed by atoms with van der Waals surface area (Å²) in [6.07, 6.45) is 18.8. The summed E-state index contributed by atoms with van der Waals surface area (Å²) in [5, 5.41) is 18.7. The van der Waals surface area contributed by atoms with Crippen LogP contribution in [0.2, 0.25) is 0 Å². The first kappa shape index (κ1) is 38.2. The third-order valence-electron chi connectivity index (χ3n) is 14.6. The van der Waals surface area contributed by atoms with Crippen molar-refractivity contribution in [2.45, 2.75) is 155 Å². The Morgan fingerprint density at radius 2 is 1.76 bits per heavy atom. The molecule has 6 aliphatic rings. The Morgan fingerprint density at radius 1 is 1.02 bits per heavy atom. The monoisotopic (exact) mass is 722 g/mol. The second kappa shape index (κ2) is 15.5. The van der Waals surface area contributed by atoms with Gasteiger partial charge in [-0.05, 0) is 129 Å². The molecule has 0 aromatic rings. The number of rotatable bonds is 12. The van der Waals surface area contributed by atoms with Crippen molar-refractivity contribution in [3.63, 3.8) is 0 Å². The van der Waals surface area contributed by atoms with Gasteiger partial charge in [-0.15, -0.1) is 24.1 Å². The number of hydrogen-bond acceptors (Lipinski definition) is 6. The van der Waals surface area contributed by atoms with E-state index in [0.717, 1.165) is 55.4 Å². The number of aliphatic hydroxyl groups excluding tert-OH is 1. The van der Waals surface area contributed by atoms with Crippen LogP contribution in [0.15, 0.2) is 11.3 Å². The standard InChI is InChI=1S/C41H62N4O5S/c1-7-9-11-33(47)42-32(10-8-2)43-37(49)36-25(4)23-51-39-35(38(50)45(36)39)44-34(48)17-12-24(3)29-15-16-30-28-14-13-26-22-27(46)18-20-40(26,5)31(28)19-21-41(29,30)6/h2,24,26-32,35,39,46H,7,9-23H2,1,3-6H3,(H,42,47)(H,43,49)(H,44,48). The minimum atomic E-state index is -0.730. The Bertz CT molecular complexity index is 1440. The van der Waals surface area contributed by atoms with E-state index < -0.39 is 18.1 Å². The molecular weight excluding hydrogens is 661 g/mol. The summed E-state index contributed by atoms with van der Waals surface area (Å²) >= 11 is 1.56. The van der Waals surface area contributed by atoms with Crippen molar-refractivity contribution in [3.05, 3.63) is 11.3 Å². The zero-order valence-corrected chi connectivity index (χ0v) is 32.4. The lowest BCUT2D eigenvalue weighted by Gasteiger charge is -2.61. The number of nitrogens with zero attached hydrogens (tertiary/aromatic N) is 1. The van der Waals surface area contributed by atoms with E-state index in [9.17, 15) is 24.3 Å². The molecule has 0 spiro atoms. The number of carbonyl (C=O) groups excluding carboxylic acids is 4. The van der Waals surface area contributed by atoms with E-state index in [2.05, 4.69) is 42.6 Å². The van der Waals surface area contributed by atoms with Crippen LogP contribution in [0.5, 0.6) is 0 Å². The lowest BCUT2D eigenvalue weighted by atomic mass is 9.44. The molecule has 12 unspecified atom stereocenters. The topological polar surface area (TPSA) is 128 Å². The molecule has 9 nitrogen and oxygen atoms in total. The fourth-order valence-electron chi connectivity index (χ4n) is 11.9. The average Bonchev–Trinajstić information content (AvgIpc) is 3.46. The third kappa shape index (κ3) is 7.24. The summed E-state index contributed by atoms with van der Waals surface area (Å²) in [6.45, 7) is 11.3. The van der Waals surface area contributed by atoms with Crippen molar-refractivity contribution in [3.8, 4) is 12.3 Å². The molecule has 282 valence electrons. The van der Waals surface area contributed by atoms with Gasteiger partial charge in [0, 0.05) is 25.0 Å². The minimum Gasteiger partial charge on any atom is -0.393 e. The Morgan fingerprint density at radius 3 is 2.51 bits per heavy atom. The van der Waals surface area contributed by atoms with Gasteiger partial charge < -0.3 is 21.1 Å². The van der Waals surface area contributed by atoms with Crippen LogP contribution < -0.4 is 16.0 Å². The molecule has 0 bridgehead atoms. The van der Waals surface area contributed by atoms with E-state index in [-0.39, 0.29) is 41.3 Å². The average molecular weight is 723 g/mol. The smallest absolute Gasteiger partial charge is 0.269 e. The third-order valence-corrected chi connectivity index (χ3v) is 16.1. The molecule has 0 radical (unpaired) electrons. The van der Waals surface area contributed by atoms with E-state index in [4.69, 9.17) is 6.42 Å². The Balaban J connectivity index is 1.01. The molecule has 4 N–H and O–H groups in total. The lowest BCUT2D eigenvalue weighted by Crippen LogP contribution is -2.71. The van der Waals surface area contributed by atoms with Crippen LogP contribution >= 0.6 is 11.8 Å². The largest absolute Gasteiger partial charge is 0.393 e. The Hall–Kier alpha value is -2.51. The van der Waals surface area contributed by atoms with Gasteiger partial charge in [-0.2, -0.15) is 0 Å². The second-order valence-electron chi connectivity index (χ2n) is 17.5. The van der Waals surface area contributed by atoms with E-state index in [1.165, 1.54) is 49.8 Å². The SMILES string of the molecule is C#CCC(NC(=O)CCCC)NC(=O)C1=C(C)CSC2C(NC(=O)CCC(C)C3CCC4C5CCC6CC(O)CCC6(C)C5CCC34C)C(=O)N12. The van der Waals surface area contributed by atoms with Crippen LogP contribution in [0.25, 0.3) is 0 Å². The summed E-state index contributed by atoms with van der Waals surface area (Å²) in [7, 11) is 0. The summed E-state index contributed by atoms with van der Waals surface area (Å²) in [6, 6.07) is -0.662. The van der Waals surface area contributed by atoms with Gasteiger partial charge >= 0.3 is 0 Å².